The summed E-state index contributed by atoms with van der Waals surface area (Å²) in [5, 5.41) is 0.942. The minimum absolute atomic E-state index is 0.265. The predicted octanol–water partition coefficient (Wildman–Crippen LogP) is 8.33. The van der Waals surface area contributed by atoms with Gasteiger partial charge in [0, 0.05) is 18.2 Å². The summed E-state index contributed by atoms with van der Waals surface area (Å²) >= 11 is 3.33. The maximum absolute atomic E-state index is 11.9. The summed E-state index contributed by atoms with van der Waals surface area (Å²) in [6.07, 6.45) is -14.0. The quantitative estimate of drug-likeness (QED) is 0.155. The molecule has 0 aliphatic rings. The van der Waals surface area contributed by atoms with Crippen LogP contribution in [0.15, 0.2) is 54.6 Å². The van der Waals surface area contributed by atoms with E-state index in [9.17, 15) is 39.5 Å². The molecule has 0 amide bonds. The van der Waals surface area contributed by atoms with Gasteiger partial charge in [0.1, 0.15) is 17.2 Å². The van der Waals surface area contributed by atoms with Gasteiger partial charge in [-0.1, -0.05) is 34.0 Å². The number of alkyl halides is 9. The highest BCUT2D eigenvalue weighted by Crippen LogP contribution is 2.32. The second-order valence-corrected chi connectivity index (χ2v) is 11.4. The SMILES string of the molecule is Nc1nc2ccc(OC(F)(F)F)cc2s1.Nc1nc2ccc(OC(F)(F)F)cc2s1.Nc1nc2ccc(OC(F)(F)F)cc2s1. The van der Waals surface area contributed by atoms with Crippen molar-refractivity contribution in [2.24, 2.45) is 0 Å². The summed E-state index contributed by atoms with van der Waals surface area (Å²) in [5.74, 6) is -0.795. The number of aromatic nitrogens is 3. The van der Waals surface area contributed by atoms with Crippen LogP contribution in [0.3, 0.4) is 0 Å². The van der Waals surface area contributed by atoms with E-state index in [1.54, 1.807) is 0 Å². The van der Waals surface area contributed by atoms with Crippen molar-refractivity contribution < 1.29 is 53.7 Å². The molecule has 0 spiro atoms. The number of nitrogen functional groups attached to an aromatic ring is 3. The fourth-order valence-corrected chi connectivity index (χ4v) is 5.65. The standard InChI is InChI=1S/3C8H5F3N2OS/c3*9-8(10,11)14-4-1-2-5-6(3-4)15-7(12)13-5/h3*1-3H,(H2,12,13). The smallest absolute Gasteiger partial charge is 0.406 e. The molecule has 6 N–H and O–H groups in total. The van der Waals surface area contributed by atoms with Gasteiger partial charge in [-0.2, -0.15) is 0 Å². The molecule has 45 heavy (non-hydrogen) atoms. The fraction of sp³-hybridized carbons (Fsp3) is 0.125. The van der Waals surface area contributed by atoms with Gasteiger partial charge >= 0.3 is 19.1 Å². The minimum atomic E-state index is -4.68. The van der Waals surface area contributed by atoms with Gasteiger partial charge in [0.05, 0.1) is 30.6 Å². The molecule has 21 heteroatoms. The molecule has 3 aromatic heterocycles. The Morgan fingerprint density at radius 1 is 0.444 bits per heavy atom. The van der Waals surface area contributed by atoms with Crippen LogP contribution < -0.4 is 31.4 Å². The lowest BCUT2D eigenvalue weighted by atomic mass is 10.3. The molecule has 6 aromatic rings. The lowest BCUT2D eigenvalue weighted by Gasteiger charge is -2.07. The largest absolute Gasteiger partial charge is 0.573 e. The second kappa shape index (κ2) is 12.9. The molecule has 0 atom stereocenters. The zero-order valence-electron chi connectivity index (χ0n) is 21.6. The van der Waals surface area contributed by atoms with Crippen LogP contribution in [0, 0.1) is 0 Å². The molecule has 0 aliphatic heterocycles. The van der Waals surface area contributed by atoms with E-state index in [2.05, 4.69) is 29.2 Å². The molecule has 0 aliphatic carbocycles. The van der Waals surface area contributed by atoms with E-state index in [1.165, 1.54) is 54.6 Å². The van der Waals surface area contributed by atoms with Crippen molar-refractivity contribution in [1.29, 1.82) is 0 Å². The van der Waals surface area contributed by atoms with Crippen LogP contribution in [-0.2, 0) is 0 Å². The highest BCUT2D eigenvalue weighted by molar-refractivity contribution is 7.22. The van der Waals surface area contributed by atoms with Crippen molar-refractivity contribution >= 4 is 80.1 Å². The lowest BCUT2D eigenvalue weighted by molar-refractivity contribution is -0.275. The van der Waals surface area contributed by atoms with E-state index >= 15 is 0 Å². The third kappa shape index (κ3) is 10.3. The van der Waals surface area contributed by atoms with Gasteiger partial charge in [-0.15, -0.1) is 39.5 Å². The van der Waals surface area contributed by atoms with Crippen LogP contribution in [0.4, 0.5) is 54.9 Å². The third-order valence-corrected chi connectivity index (χ3v) is 7.37. The molecular weight excluding hydrogens is 687 g/mol. The van der Waals surface area contributed by atoms with Gasteiger partial charge in [-0.3, -0.25) is 0 Å². The number of halogens is 9. The molecule has 9 nitrogen and oxygen atoms in total. The van der Waals surface area contributed by atoms with Crippen LogP contribution in [0.1, 0.15) is 0 Å². The topological polar surface area (TPSA) is 144 Å². The highest BCUT2D eigenvalue weighted by Gasteiger charge is 2.32. The molecule has 0 radical (unpaired) electrons. The van der Waals surface area contributed by atoms with E-state index in [-0.39, 0.29) is 17.2 Å². The Kier molecular flexibility index (Phi) is 9.54. The number of hydrogen-bond acceptors (Lipinski definition) is 12. The number of nitrogens with zero attached hydrogens (tertiary/aromatic N) is 3. The van der Waals surface area contributed by atoms with E-state index in [0.29, 0.717) is 46.0 Å². The van der Waals surface area contributed by atoms with Crippen molar-refractivity contribution in [3.05, 3.63) is 54.6 Å². The van der Waals surface area contributed by atoms with E-state index in [0.717, 1.165) is 34.0 Å². The summed E-state index contributed by atoms with van der Waals surface area (Å²) in [6.45, 7) is 0. The average Bonchev–Trinajstić information content (AvgIpc) is 3.54. The maximum atomic E-state index is 11.9. The number of rotatable bonds is 3. The molecule has 0 unspecified atom stereocenters. The Morgan fingerprint density at radius 2 is 0.689 bits per heavy atom. The Labute approximate surface area is 256 Å². The van der Waals surface area contributed by atoms with Crippen molar-refractivity contribution in [2.45, 2.75) is 19.1 Å². The van der Waals surface area contributed by atoms with Gasteiger partial charge in [-0.25, -0.2) is 15.0 Å². The fourth-order valence-electron chi connectivity index (χ4n) is 3.36. The van der Waals surface area contributed by atoms with Crippen LogP contribution in [0.5, 0.6) is 17.2 Å². The van der Waals surface area contributed by atoms with Crippen LogP contribution in [-0.4, -0.2) is 34.0 Å². The molecule has 0 saturated carbocycles. The highest BCUT2D eigenvalue weighted by atomic mass is 32.1. The van der Waals surface area contributed by atoms with Crippen molar-refractivity contribution in [3.8, 4) is 17.2 Å². The molecule has 3 aromatic carbocycles. The number of thiazole rings is 3. The molecule has 240 valence electrons. The summed E-state index contributed by atoms with van der Waals surface area (Å²) < 4.78 is 120. The number of fused-ring (bicyclic) bond motifs is 3. The van der Waals surface area contributed by atoms with Crippen LogP contribution >= 0.6 is 34.0 Å². The lowest BCUT2D eigenvalue weighted by Crippen LogP contribution is -2.16. The first kappa shape index (κ1) is 33.4. The normalized spacial score (nSPS) is 11.9. The molecule has 6 rings (SSSR count). The number of anilines is 3. The maximum Gasteiger partial charge on any atom is 0.573 e. The van der Waals surface area contributed by atoms with Gasteiger partial charge in [0.25, 0.3) is 0 Å². The first-order chi connectivity index (χ1) is 20.8. The molecule has 0 saturated heterocycles. The predicted molar refractivity (Wildman–Crippen MR) is 152 cm³/mol. The zero-order valence-corrected chi connectivity index (χ0v) is 24.1. The van der Waals surface area contributed by atoms with Crippen LogP contribution in [0.25, 0.3) is 30.6 Å². The van der Waals surface area contributed by atoms with Crippen molar-refractivity contribution in [3.63, 3.8) is 0 Å². The Balaban J connectivity index is 0.000000154. The second-order valence-electron chi connectivity index (χ2n) is 8.19. The summed E-state index contributed by atoms with van der Waals surface area (Å²) in [4.78, 5) is 11.7. The number of nitrogens with two attached hydrogens (primary N) is 3. The minimum Gasteiger partial charge on any atom is -0.406 e. The monoisotopic (exact) mass is 702 g/mol. The molecular formula is C24H15F9N6O3S3. The van der Waals surface area contributed by atoms with Crippen molar-refractivity contribution in [1.82, 2.24) is 15.0 Å². The van der Waals surface area contributed by atoms with Gasteiger partial charge in [0.15, 0.2) is 15.4 Å². The molecule has 3 heterocycles. The van der Waals surface area contributed by atoms with Gasteiger partial charge < -0.3 is 31.4 Å². The molecule has 0 fully saturated rings. The van der Waals surface area contributed by atoms with E-state index in [1.807, 2.05) is 0 Å². The summed E-state index contributed by atoms with van der Waals surface area (Å²) in [6, 6.07) is 11.7. The van der Waals surface area contributed by atoms with Crippen molar-refractivity contribution in [2.75, 3.05) is 17.2 Å². The van der Waals surface area contributed by atoms with Gasteiger partial charge in [0.2, 0.25) is 0 Å². The van der Waals surface area contributed by atoms with E-state index < -0.39 is 19.1 Å². The molecule has 0 bridgehead atoms. The Bertz CT molecular complexity index is 1700. The third-order valence-electron chi connectivity index (χ3n) is 4.83. The first-order valence-corrected chi connectivity index (χ1v) is 14.0. The summed E-state index contributed by atoms with van der Waals surface area (Å²) in [5.41, 5.74) is 17.9. The zero-order chi connectivity index (χ0) is 33.2. The Hall–Kier alpha value is -4.50. The number of ether oxygens (including phenoxy) is 3. The number of benzene rings is 3. The van der Waals surface area contributed by atoms with Crippen LogP contribution in [0.2, 0.25) is 0 Å². The summed E-state index contributed by atoms with van der Waals surface area (Å²) in [7, 11) is 0. The average molecular weight is 703 g/mol. The first-order valence-electron chi connectivity index (χ1n) is 11.6. The van der Waals surface area contributed by atoms with E-state index in [4.69, 9.17) is 17.2 Å². The Morgan fingerprint density at radius 3 is 0.911 bits per heavy atom. The number of hydrogen-bond donors (Lipinski definition) is 3. The van der Waals surface area contributed by atoms with Gasteiger partial charge in [-0.05, 0) is 36.4 Å².